The van der Waals surface area contributed by atoms with Gasteiger partial charge in [0.25, 0.3) is 0 Å². The maximum Gasteiger partial charge on any atom is 0.0484 e. The number of hydrogen-bond acceptors (Lipinski definition) is 2. The fraction of sp³-hybridized carbons (Fsp3) is 0.333. The molecular formula is C12H16N2. The van der Waals surface area contributed by atoms with E-state index in [1.54, 1.807) is 0 Å². The molecule has 0 bridgehead atoms. The van der Waals surface area contributed by atoms with Crippen LogP contribution in [0.3, 0.4) is 0 Å². The molecule has 1 unspecified atom stereocenters. The Balaban J connectivity index is 2.29. The third kappa shape index (κ3) is 1.37. The first-order valence-electron chi connectivity index (χ1n) is 4.98. The van der Waals surface area contributed by atoms with Crippen LogP contribution in [0.5, 0.6) is 0 Å². The molecule has 1 saturated carbocycles. The summed E-state index contributed by atoms with van der Waals surface area (Å²) in [5, 5.41) is 0. The Morgan fingerprint density at radius 3 is 2.43 bits per heavy atom. The summed E-state index contributed by atoms with van der Waals surface area (Å²) < 4.78 is 0. The smallest absolute Gasteiger partial charge is 0.0484 e. The molecule has 0 saturated heterocycles. The van der Waals surface area contributed by atoms with Gasteiger partial charge in [-0.25, -0.2) is 0 Å². The van der Waals surface area contributed by atoms with E-state index < -0.39 is 0 Å². The molecule has 0 heterocycles. The zero-order valence-electron chi connectivity index (χ0n) is 8.24. The summed E-state index contributed by atoms with van der Waals surface area (Å²) in [6.07, 6.45) is 4.29. The number of nitrogens with one attached hydrogen (secondary N) is 1. The Morgan fingerprint density at radius 1 is 1.36 bits per heavy atom. The number of hydrogen-bond donors (Lipinski definition) is 2. The lowest BCUT2D eigenvalue weighted by Gasteiger charge is -2.23. The molecule has 0 spiro atoms. The van der Waals surface area contributed by atoms with Crippen molar-refractivity contribution < 1.29 is 0 Å². The lowest BCUT2D eigenvalue weighted by molar-refractivity contribution is 0.497. The summed E-state index contributed by atoms with van der Waals surface area (Å²) in [4.78, 5) is 0. The van der Waals surface area contributed by atoms with E-state index in [1.165, 1.54) is 18.4 Å². The van der Waals surface area contributed by atoms with E-state index >= 15 is 0 Å². The van der Waals surface area contributed by atoms with Crippen molar-refractivity contribution in [1.29, 1.82) is 0 Å². The van der Waals surface area contributed by atoms with Crippen LogP contribution in [0.1, 0.15) is 18.4 Å². The third-order valence-electron chi connectivity index (χ3n) is 3.15. The van der Waals surface area contributed by atoms with Gasteiger partial charge in [-0.2, -0.15) is 0 Å². The van der Waals surface area contributed by atoms with Gasteiger partial charge in [-0.1, -0.05) is 36.4 Å². The van der Waals surface area contributed by atoms with E-state index in [4.69, 9.17) is 5.84 Å². The van der Waals surface area contributed by atoms with Gasteiger partial charge in [0.2, 0.25) is 0 Å². The maximum atomic E-state index is 5.53. The summed E-state index contributed by atoms with van der Waals surface area (Å²) >= 11 is 0. The Kier molecular flexibility index (Phi) is 2.40. The van der Waals surface area contributed by atoms with Crippen LogP contribution in [0, 0.1) is 0 Å². The highest BCUT2D eigenvalue weighted by Gasteiger charge is 2.49. The molecule has 1 aliphatic carbocycles. The zero-order chi connectivity index (χ0) is 10.0. The average Bonchev–Trinajstić information content (AvgIpc) is 3.03. The fourth-order valence-electron chi connectivity index (χ4n) is 2.14. The van der Waals surface area contributed by atoms with Crippen molar-refractivity contribution in [2.75, 3.05) is 0 Å². The largest absolute Gasteiger partial charge is 0.271 e. The van der Waals surface area contributed by atoms with E-state index in [0.717, 1.165) is 0 Å². The first kappa shape index (κ1) is 9.44. The van der Waals surface area contributed by atoms with Crippen LogP contribution in [0.15, 0.2) is 43.0 Å². The highest BCUT2D eigenvalue weighted by Crippen LogP contribution is 2.50. The minimum absolute atomic E-state index is 0.185. The lowest BCUT2D eigenvalue weighted by atomic mass is 9.88. The van der Waals surface area contributed by atoms with Crippen molar-refractivity contribution in [1.82, 2.24) is 5.43 Å². The first-order valence-corrected chi connectivity index (χ1v) is 4.98. The Morgan fingerprint density at radius 2 is 2.00 bits per heavy atom. The molecule has 1 aliphatic rings. The molecule has 2 heteroatoms. The first-order chi connectivity index (χ1) is 6.83. The molecule has 2 nitrogen and oxygen atoms in total. The van der Waals surface area contributed by atoms with Gasteiger partial charge in [0.15, 0.2) is 0 Å². The fourth-order valence-corrected chi connectivity index (χ4v) is 2.14. The molecule has 0 aromatic heterocycles. The molecule has 1 fully saturated rings. The Hall–Kier alpha value is -1.12. The molecule has 0 amide bonds. The van der Waals surface area contributed by atoms with Crippen LogP contribution in [0.4, 0.5) is 0 Å². The van der Waals surface area contributed by atoms with Crippen molar-refractivity contribution in [2.24, 2.45) is 5.84 Å². The van der Waals surface area contributed by atoms with Crippen LogP contribution >= 0.6 is 0 Å². The average molecular weight is 188 g/mol. The van der Waals surface area contributed by atoms with E-state index in [0.29, 0.717) is 0 Å². The molecule has 0 aliphatic heterocycles. The minimum Gasteiger partial charge on any atom is -0.271 e. The van der Waals surface area contributed by atoms with Crippen LogP contribution in [0.25, 0.3) is 0 Å². The van der Waals surface area contributed by atoms with Gasteiger partial charge in [0, 0.05) is 11.5 Å². The number of benzene rings is 1. The topological polar surface area (TPSA) is 38.0 Å². The second-order valence-electron chi connectivity index (χ2n) is 3.90. The highest BCUT2D eigenvalue weighted by atomic mass is 15.2. The second-order valence-corrected chi connectivity index (χ2v) is 3.90. The number of rotatable bonds is 4. The summed E-state index contributed by atoms with van der Waals surface area (Å²) in [6, 6.07) is 10.7. The van der Waals surface area contributed by atoms with Gasteiger partial charge < -0.3 is 0 Å². The van der Waals surface area contributed by atoms with Gasteiger partial charge in [-0.3, -0.25) is 11.3 Å². The van der Waals surface area contributed by atoms with Crippen LogP contribution < -0.4 is 11.3 Å². The molecule has 14 heavy (non-hydrogen) atoms. The van der Waals surface area contributed by atoms with Gasteiger partial charge in [-0.05, 0) is 18.4 Å². The molecule has 1 atom stereocenters. The van der Waals surface area contributed by atoms with Crippen molar-refractivity contribution in [3.05, 3.63) is 48.6 Å². The molecule has 2 rings (SSSR count). The van der Waals surface area contributed by atoms with Crippen LogP contribution in [-0.4, -0.2) is 6.04 Å². The van der Waals surface area contributed by atoms with E-state index in [1.807, 2.05) is 12.1 Å². The van der Waals surface area contributed by atoms with E-state index in [-0.39, 0.29) is 11.5 Å². The quantitative estimate of drug-likeness (QED) is 0.429. The predicted molar refractivity (Wildman–Crippen MR) is 58.7 cm³/mol. The molecule has 74 valence electrons. The van der Waals surface area contributed by atoms with Crippen molar-refractivity contribution >= 4 is 0 Å². The van der Waals surface area contributed by atoms with Gasteiger partial charge in [0.1, 0.15) is 0 Å². The van der Waals surface area contributed by atoms with Gasteiger partial charge in [0.05, 0.1) is 0 Å². The minimum atomic E-state index is 0.185. The molecular weight excluding hydrogens is 172 g/mol. The molecule has 1 aromatic rings. The van der Waals surface area contributed by atoms with Crippen molar-refractivity contribution in [2.45, 2.75) is 24.3 Å². The summed E-state index contributed by atoms with van der Waals surface area (Å²) in [5.41, 5.74) is 4.40. The molecule has 1 aromatic carbocycles. The second kappa shape index (κ2) is 3.56. The summed E-state index contributed by atoms with van der Waals surface area (Å²) in [6.45, 7) is 3.82. The van der Waals surface area contributed by atoms with Crippen molar-refractivity contribution in [3.63, 3.8) is 0 Å². The van der Waals surface area contributed by atoms with Crippen molar-refractivity contribution in [3.8, 4) is 0 Å². The highest BCUT2D eigenvalue weighted by molar-refractivity contribution is 5.35. The Bertz CT molecular complexity index is 314. The SMILES string of the molecule is C=CC(NN)C1(c2ccccc2)CC1. The molecule has 3 N–H and O–H groups in total. The van der Waals surface area contributed by atoms with Crippen LogP contribution in [-0.2, 0) is 5.41 Å². The monoisotopic (exact) mass is 188 g/mol. The predicted octanol–water partition coefficient (Wildman–Crippen LogP) is 1.74. The van der Waals surface area contributed by atoms with Crippen LogP contribution in [0.2, 0.25) is 0 Å². The standard InChI is InChI=1S/C12H16N2/c1-2-11(14-13)12(8-9-12)10-6-4-3-5-7-10/h2-7,11,14H,1,8-9,13H2. The van der Waals surface area contributed by atoms with Gasteiger partial charge >= 0.3 is 0 Å². The Labute approximate surface area is 84.8 Å². The van der Waals surface area contributed by atoms with E-state index in [9.17, 15) is 0 Å². The van der Waals surface area contributed by atoms with Gasteiger partial charge in [-0.15, -0.1) is 6.58 Å². The zero-order valence-corrected chi connectivity index (χ0v) is 8.24. The lowest BCUT2D eigenvalue weighted by Crippen LogP contribution is -2.42. The normalized spacial score (nSPS) is 20.1. The maximum absolute atomic E-state index is 5.53. The molecule has 0 radical (unpaired) electrons. The summed E-state index contributed by atoms with van der Waals surface area (Å²) in [7, 11) is 0. The number of nitrogens with two attached hydrogens (primary N) is 1. The number of hydrazine groups is 1. The van der Waals surface area contributed by atoms with E-state index in [2.05, 4.69) is 36.3 Å². The third-order valence-corrected chi connectivity index (χ3v) is 3.15. The summed E-state index contributed by atoms with van der Waals surface area (Å²) in [5.74, 6) is 5.53.